The second kappa shape index (κ2) is 4.05. The van der Waals surface area contributed by atoms with Gasteiger partial charge in [0, 0.05) is 18.9 Å². The van der Waals surface area contributed by atoms with E-state index >= 15 is 0 Å². The summed E-state index contributed by atoms with van der Waals surface area (Å²) in [5.74, 6) is 0. The van der Waals surface area contributed by atoms with Crippen LogP contribution in [0.3, 0.4) is 0 Å². The molecule has 0 spiro atoms. The Bertz CT molecular complexity index is 139. The first-order valence-electron chi connectivity index (χ1n) is 2.50. The van der Waals surface area contributed by atoms with Gasteiger partial charge in [0.2, 0.25) is 0 Å². The van der Waals surface area contributed by atoms with Crippen LogP contribution in [-0.2, 0) is 6.54 Å². The molecule has 0 saturated heterocycles. The zero-order valence-corrected chi connectivity index (χ0v) is 4.99. The number of rotatable bonds is 2. The summed E-state index contributed by atoms with van der Waals surface area (Å²) in [5.41, 5.74) is 0. The molecule has 4 nitrogen and oxygen atoms in total. The molecule has 0 aliphatic heterocycles. The zero-order chi connectivity index (χ0) is 5.82. The lowest BCUT2D eigenvalue weighted by Crippen LogP contribution is -1.97. The largest absolute Gasteiger partial charge is 0.412 e. The number of aromatic nitrogens is 2. The van der Waals surface area contributed by atoms with Gasteiger partial charge in [-0.05, 0) is 0 Å². The van der Waals surface area contributed by atoms with Gasteiger partial charge in [0.1, 0.15) is 0 Å². The van der Waals surface area contributed by atoms with Gasteiger partial charge in [-0.2, -0.15) is 0 Å². The van der Waals surface area contributed by atoms with Crippen LogP contribution in [0.5, 0.6) is 0 Å². The lowest BCUT2D eigenvalue weighted by Gasteiger charge is -1.92. The Labute approximate surface area is 53.1 Å². The number of nitrogens with zero attached hydrogens (tertiary/aromatic N) is 2. The highest BCUT2D eigenvalue weighted by Crippen LogP contribution is 1.81. The summed E-state index contributed by atoms with van der Waals surface area (Å²) in [6.45, 7) is 0.816. The molecule has 52 valence electrons. The maximum Gasteiger partial charge on any atom is 0.0946 e. The van der Waals surface area contributed by atoms with Crippen LogP contribution in [-0.4, -0.2) is 26.7 Å². The minimum Gasteiger partial charge on any atom is -0.412 e. The molecule has 1 rings (SSSR count). The van der Waals surface area contributed by atoms with Crippen LogP contribution in [0.1, 0.15) is 0 Å². The second-order valence-corrected chi connectivity index (χ2v) is 1.52. The second-order valence-electron chi connectivity index (χ2n) is 1.52. The zero-order valence-electron chi connectivity index (χ0n) is 4.99. The van der Waals surface area contributed by atoms with Crippen LogP contribution < -0.4 is 0 Å². The van der Waals surface area contributed by atoms with Crippen molar-refractivity contribution in [3.63, 3.8) is 0 Å². The minimum atomic E-state index is 0. The van der Waals surface area contributed by atoms with Gasteiger partial charge >= 0.3 is 0 Å². The van der Waals surface area contributed by atoms with E-state index in [4.69, 9.17) is 5.11 Å². The molecule has 0 fully saturated rings. The number of aliphatic hydroxyl groups is 1. The maximum atomic E-state index is 8.39. The molecule has 1 aromatic rings. The average molecular weight is 130 g/mol. The van der Waals surface area contributed by atoms with Crippen LogP contribution in [0.4, 0.5) is 0 Å². The van der Waals surface area contributed by atoms with E-state index in [0.29, 0.717) is 6.54 Å². The fraction of sp³-hybridized carbons (Fsp3) is 0.400. The quantitative estimate of drug-likeness (QED) is 0.560. The molecule has 0 unspecified atom stereocenters. The summed E-state index contributed by atoms with van der Waals surface area (Å²) in [5, 5.41) is 8.39. The van der Waals surface area contributed by atoms with Crippen LogP contribution in [0.15, 0.2) is 18.7 Å². The molecule has 0 saturated carbocycles. The van der Waals surface area contributed by atoms with Gasteiger partial charge in [-0.25, -0.2) is 4.98 Å². The summed E-state index contributed by atoms with van der Waals surface area (Å²) in [7, 11) is 0. The first-order valence-corrected chi connectivity index (χ1v) is 2.50. The van der Waals surface area contributed by atoms with Gasteiger partial charge in [-0.1, -0.05) is 0 Å². The summed E-state index contributed by atoms with van der Waals surface area (Å²) < 4.78 is 1.82. The Morgan fingerprint density at radius 2 is 2.33 bits per heavy atom. The summed E-state index contributed by atoms with van der Waals surface area (Å²) in [6, 6.07) is 0. The maximum absolute atomic E-state index is 8.39. The monoisotopic (exact) mass is 130 g/mol. The van der Waals surface area contributed by atoms with Crippen LogP contribution in [0, 0.1) is 0 Å². The molecule has 1 heterocycles. The molecular weight excluding hydrogens is 120 g/mol. The molecule has 0 aromatic carbocycles. The highest BCUT2D eigenvalue weighted by molar-refractivity contribution is 4.73. The van der Waals surface area contributed by atoms with Gasteiger partial charge < -0.3 is 15.1 Å². The van der Waals surface area contributed by atoms with Crippen LogP contribution in [0.2, 0.25) is 0 Å². The van der Waals surface area contributed by atoms with Gasteiger partial charge in [0.05, 0.1) is 12.9 Å². The van der Waals surface area contributed by atoms with Crippen molar-refractivity contribution in [2.75, 3.05) is 6.61 Å². The van der Waals surface area contributed by atoms with E-state index in [0.717, 1.165) is 0 Å². The Morgan fingerprint density at radius 3 is 2.78 bits per heavy atom. The third-order valence-corrected chi connectivity index (χ3v) is 0.917. The first-order chi connectivity index (χ1) is 3.93. The van der Waals surface area contributed by atoms with Crippen molar-refractivity contribution in [3.8, 4) is 0 Å². The molecule has 0 atom stereocenters. The van der Waals surface area contributed by atoms with Crippen molar-refractivity contribution >= 4 is 0 Å². The van der Waals surface area contributed by atoms with E-state index in [1.165, 1.54) is 0 Å². The summed E-state index contributed by atoms with van der Waals surface area (Å²) in [6.07, 6.45) is 5.18. The highest BCUT2D eigenvalue weighted by Gasteiger charge is 1.82. The molecule has 0 bridgehead atoms. The molecule has 0 aliphatic rings. The first kappa shape index (κ1) is 8.13. The van der Waals surface area contributed by atoms with E-state index in [9.17, 15) is 0 Å². The van der Waals surface area contributed by atoms with Gasteiger partial charge in [-0.15, -0.1) is 0 Å². The van der Waals surface area contributed by atoms with Gasteiger partial charge in [-0.3, -0.25) is 0 Å². The van der Waals surface area contributed by atoms with Gasteiger partial charge in [0.25, 0.3) is 0 Å². The normalized spacial score (nSPS) is 8.56. The standard InChI is InChI=1S/C5H8N2O.H2O/c8-4-3-7-2-1-6-5-7;/h1-2,5,8H,3-4H2;1H2. The Kier molecular flexibility index (Phi) is 3.66. The highest BCUT2D eigenvalue weighted by atomic mass is 16.3. The molecule has 0 aliphatic carbocycles. The van der Waals surface area contributed by atoms with Gasteiger partial charge in [0.15, 0.2) is 0 Å². The number of aliphatic hydroxyl groups excluding tert-OH is 1. The molecule has 1 aromatic heterocycles. The van der Waals surface area contributed by atoms with Crippen molar-refractivity contribution < 1.29 is 10.6 Å². The average Bonchev–Trinajstić information content (AvgIpc) is 2.19. The van der Waals surface area contributed by atoms with Crippen molar-refractivity contribution in [1.82, 2.24) is 9.55 Å². The van der Waals surface area contributed by atoms with E-state index in [-0.39, 0.29) is 12.1 Å². The molecule has 3 N–H and O–H groups in total. The van der Waals surface area contributed by atoms with Crippen molar-refractivity contribution in [2.24, 2.45) is 0 Å². The lowest BCUT2D eigenvalue weighted by molar-refractivity contribution is 0.276. The van der Waals surface area contributed by atoms with E-state index in [1.807, 2.05) is 10.8 Å². The summed E-state index contributed by atoms with van der Waals surface area (Å²) in [4.78, 5) is 3.79. The Balaban J connectivity index is 0.000000640. The number of hydrogen-bond acceptors (Lipinski definition) is 2. The molecule has 4 heteroatoms. The third kappa shape index (κ3) is 2.25. The summed E-state index contributed by atoms with van der Waals surface area (Å²) >= 11 is 0. The molecular formula is C5H10N2O2. The van der Waals surface area contributed by atoms with Crippen molar-refractivity contribution in [1.29, 1.82) is 0 Å². The third-order valence-electron chi connectivity index (χ3n) is 0.917. The van der Waals surface area contributed by atoms with E-state index in [1.54, 1.807) is 12.5 Å². The minimum absolute atomic E-state index is 0. The molecule has 0 radical (unpaired) electrons. The fourth-order valence-corrected chi connectivity index (χ4v) is 0.534. The predicted molar refractivity (Wildman–Crippen MR) is 32.9 cm³/mol. The van der Waals surface area contributed by atoms with Crippen molar-refractivity contribution in [2.45, 2.75) is 6.54 Å². The Hall–Kier alpha value is -0.870. The number of hydrogen-bond donors (Lipinski definition) is 1. The van der Waals surface area contributed by atoms with E-state index < -0.39 is 0 Å². The molecule has 9 heavy (non-hydrogen) atoms. The SMILES string of the molecule is O.OCCn1ccnc1. The van der Waals surface area contributed by atoms with E-state index in [2.05, 4.69) is 4.98 Å². The van der Waals surface area contributed by atoms with Crippen molar-refractivity contribution in [3.05, 3.63) is 18.7 Å². The Morgan fingerprint density at radius 1 is 1.56 bits per heavy atom. The fourth-order valence-electron chi connectivity index (χ4n) is 0.534. The lowest BCUT2D eigenvalue weighted by atomic mass is 10.7. The predicted octanol–water partition coefficient (Wildman–Crippen LogP) is -0.949. The smallest absolute Gasteiger partial charge is 0.0946 e. The topological polar surface area (TPSA) is 69.6 Å². The van der Waals surface area contributed by atoms with Crippen LogP contribution >= 0.6 is 0 Å². The molecule has 0 amide bonds. The number of imidazole rings is 1. The van der Waals surface area contributed by atoms with Crippen LogP contribution in [0.25, 0.3) is 0 Å².